The number of nitrogens with zero attached hydrogens (tertiary/aromatic N) is 3. The van der Waals surface area contributed by atoms with E-state index in [-0.39, 0.29) is 11.9 Å². The van der Waals surface area contributed by atoms with Crippen molar-refractivity contribution < 1.29 is 4.79 Å². The van der Waals surface area contributed by atoms with E-state index in [1.165, 1.54) is 5.56 Å². The largest absolute Gasteiger partial charge is 0.338 e. The Morgan fingerprint density at radius 1 is 1.07 bits per heavy atom. The van der Waals surface area contributed by atoms with E-state index in [2.05, 4.69) is 23.1 Å². The molecule has 2 aromatic carbocycles. The van der Waals surface area contributed by atoms with Crippen LogP contribution >= 0.6 is 0 Å². The normalized spacial score (nSPS) is 22.6. The third-order valence-electron chi connectivity index (χ3n) is 6.07. The van der Waals surface area contributed by atoms with E-state index in [9.17, 15) is 4.79 Å². The number of benzene rings is 2. The van der Waals surface area contributed by atoms with Crippen molar-refractivity contribution >= 4 is 5.91 Å². The molecule has 1 amide bonds. The summed E-state index contributed by atoms with van der Waals surface area (Å²) in [6.07, 6.45) is 0.951. The Hall–Kier alpha value is -2.68. The maximum atomic E-state index is 12.8. The Bertz CT molecular complexity index is 862. The SMILES string of the molecule is N#Cc1cccc(C(=O)N2CC3CN(CC[C@H](N)c4ccccc4)CC3C2)c1. The summed E-state index contributed by atoms with van der Waals surface area (Å²) in [7, 11) is 0. The van der Waals surface area contributed by atoms with Crippen molar-refractivity contribution in [3.8, 4) is 6.07 Å². The van der Waals surface area contributed by atoms with Crippen LogP contribution in [-0.2, 0) is 0 Å². The highest BCUT2D eigenvalue weighted by atomic mass is 16.2. The molecule has 0 radical (unpaired) electrons. The van der Waals surface area contributed by atoms with Crippen molar-refractivity contribution in [2.75, 3.05) is 32.7 Å². The summed E-state index contributed by atoms with van der Waals surface area (Å²) in [5, 5.41) is 9.04. The van der Waals surface area contributed by atoms with Gasteiger partial charge in [-0.2, -0.15) is 5.26 Å². The fraction of sp³-hybridized carbons (Fsp3) is 0.391. The highest BCUT2D eigenvalue weighted by Crippen LogP contribution is 2.32. The van der Waals surface area contributed by atoms with Gasteiger partial charge in [0.15, 0.2) is 0 Å². The van der Waals surface area contributed by atoms with Crippen molar-refractivity contribution in [1.29, 1.82) is 5.26 Å². The molecule has 4 rings (SSSR count). The second-order valence-corrected chi connectivity index (χ2v) is 7.99. The molecule has 2 aliphatic heterocycles. The third-order valence-corrected chi connectivity index (χ3v) is 6.07. The summed E-state index contributed by atoms with van der Waals surface area (Å²) in [6.45, 7) is 4.69. The van der Waals surface area contributed by atoms with Crippen LogP contribution in [0.15, 0.2) is 54.6 Å². The molecule has 2 aliphatic rings. The van der Waals surface area contributed by atoms with Gasteiger partial charge in [0.1, 0.15) is 0 Å². The summed E-state index contributed by atoms with van der Waals surface area (Å²) in [6, 6.07) is 19.4. The first-order valence-electron chi connectivity index (χ1n) is 9.96. The van der Waals surface area contributed by atoms with Crippen LogP contribution in [-0.4, -0.2) is 48.4 Å². The Morgan fingerprint density at radius 2 is 1.79 bits per heavy atom. The van der Waals surface area contributed by atoms with Crippen LogP contribution in [0.2, 0.25) is 0 Å². The zero-order valence-corrected chi connectivity index (χ0v) is 16.0. The topological polar surface area (TPSA) is 73.4 Å². The van der Waals surface area contributed by atoms with E-state index in [4.69, 9.17) is 11.0 Å². The fourth-order valence-corrected chi connectivity index (χ4v) is 4.53. The Kier molecular flexibility index (Phi) is 5.43. The molecule has 3 atom stereocenters. The molecule has 2 unspecified atom stereocenters. The maximum Gasteiger partial charge on any atom is 0.253 e. The fourth-order valence-electron chi connectivity index (χ4n) is 4.53. The lowest BCUT2D eigenvalue weighted by Gasteiger charge is -2.23. The molecule has 2 N–H and O–H groups in total. The predicted octanol–water partition coefficient (Wildman–Crippen LogP) is 2.65. The zero-order chi connectivity index (χ0) is 19.5. The number of carbonyl (C=O) groups is 1. The Balaban J connectivity index is 1.29. The van der Waals surface area contributed by atoms with Crippen LogP contribution in [0.1, 0.15) is 33.9 Å². The Labute approximate surface area is 166 Å². The summed E-state index contributed by atoms with van der Waals surface area (Å²) >= 11 is 0. The van der Waals surface area contributed by atoms with E-state index in [1.807, 2.05) is 23.1 Å². The molecule has 2 heterocycles. The molecule has 144 valence electrons. The van der Waals surface area contributed by atoms with Gasteiger partial charge in [-0.1, -0.05) is 36.4 Å². The monoisotopic (exact) mass is 374 g/mol. The number of fused-ring (bicyclic) bond motifs is 1. The second kappa shape index (κ2) is 8.14. The number of hydrogen-bond acceptors (Lipinski definition) is 4. The smallest absolute Gasteiger partial charge is 0.253 e. The van der Waals surface area contributed by atoms with Crippen molar-refractivity contribution in [3.05, 3.63) is 71.3 Å². The van der Waals surface area contributed by atoms with E-state index in [0.717, 1.165) is 39.1 Å². The quantitative estimate of drug-likeness (QED) is 0.873. The molecule has 0 bridgehead atoms. The zero-order valence-electron chi connectivity index (χ0n) is 16.0. The lowest BCUT2D eigenvalue weighted by atomic mass is 10.0. The third kappa shape index (κ3) is 3.94. The van der Waals surface area contributed by atoms with Crippen molar-refractivity contribution in [2.45, 2.75) is 12.5 Å². The van der Waals surface area contributed by atoms with Crippen LogP contribution in [0.5, 0.6) is 0 Å². The number of nitriles is 1. The van der Waals surface area contributed by atoms with Gasteiger partial charge in [0, 0.05) is 37.8 Å². The number of nitrogens with two attached hydrogens (primary N) is 1. The first-order chi connectivity index (χ1) is 13.6. The van der Waals surface area contributed by atoms with Gasteiger partial charge in [-0.25, -0.2) is 0 Å². The molecule has 0 saturated carbocycles. The Morgan fingerprint density at radius 3 is 2.46 bits per heavy atom. The molecule has 2 aromatic rings. The molecule has 28 heavy (non-hydrogen) atoms. The van der Waals surface area contributed by atoms with Gasteiger partial charge in [0.05, 0.1) is 11.6 Å². The standard InChI is InChI=1S/C23H26N4O/c24-12-17-5-4-8-19(11-17)23(28)27-15-20-13-26(14-21(20)16-27)10-9-22(25)18-6-2-1-3-7-18/h1-8,11,20-22H,9-10,13-16,25H2/t20?,21?,22-/m0/s1. The van der Waals surface area contributed by atoms with Gasteiger partial charge in [-0.3, -0.25) is 4.79 Å². The van der Waals surface area contributed by atoms with E-state index in [0.29, 0.717) is 23.0 Å². The summed E-state index contributed by atoms with van der Waals surface area (Å²) in [4.78, 5) is 17.2. The molecule has 5 nitrogen and oxygen atoms in total. The summed E-state index contributed by atoms with van der Waals surface area (Å²) < 4.78 is 0. The van der Waals surface area contributed by atoms with Gasteiger partial charge in [0.2, 0.25) is 0 Å². The number of amides is 1. The first kappa shape index (κ1) is 18.7. The average molecular weight is 374 g/mol. The van der Waals surface area contributed by atoms with Gasteiger partial charge < -0.3 is 15.5 Å². The summed E-state index contributed by atoms with van der Waals surface area (Å²) in [5.74, 6) is 1.12. The minimum atomic E-state index is 0.0455. The first-order valence-corrected chi connectivity index (χ1v) is 9.96. The minimum Gasteiger partial charge on any atom is -0.338 e. The molecule has 0 aromatic heterocycles. The molecular formula is C23H26N4O. The van der Waals surface area contributed by atoms with Gasteiger partial charge in [-0.05, 0) is 48.6 Å². The highest BCUT2D eigenvalue weighted by Gasteiger charge is 2.41. The van der Waals surface area contributed by atoms with Crippen LogP contribution in [0.25, 0.3) is 0 Å². The molecule has 2 saturated heterocycles. The molecule has 0 aliphatic carbocycles. The molecule has 2 fully saturated rings. The average Bonchev–Trinajstić information content (AvgIpc) is 3.31. The van der Waals surface area contributed by atoms with Crippen LogP contribution < -0.4 is 5.73 Å². The molecular weight excluding hydrogens is 348 g/mol. The lowest BCUT2D eigenvalue weighted by molar-refractivity contribution is 0.0774. The van der Waals surface area contributed by atoms with Crippen molar-refractivity contribution in [3.63, 3.8) is 0 Å². The second-order valence-electron chi connectivity index (χ2n) is 7.99. The van der Waals surface area contributed by atoms with Crippen molar-refractivity contribution in [2.24, 2.45) is 17.6 Å². The number of likely N-dealkylation sites (tertiary alicyclic amines) is 2. The van der Waals surface area contributed by atoms with Gasteiger partial charge in [0.25, 0.3) is 5.91 Å². The number of carbonyl (C=O) groups excluding carboxylic acids is 1. The minimum absolute atomic E-state index is 0.0455. The number of hydrogen-bond donors (Lipinski definition) is 1. The van der Waals surface area contributed by atoms with Crippen LogP contribution in [0, 0.1) is 23.2 Å². The van der Waals surface area contributed by atoms with E-state index >= 15 is 0 Å². The maximum absolute atomic E-state index is 12.8. The lowest BCUT2D eigenvalue weighted by Crippen LogP contribution is -2.34. The van der Waals surface area contributed by atoms with Crippen LogP contribution in [0.3, 0.4) is 0 Å². The van der Waals surface area contributed by atoms with Crippen LogP contribution in [0.4, 0.5) is 0 Å². The molecule has 5 heteroatoms. The van der Waals surface area contributed by atoms with Crippen molar-refractivity contribution in [1.82, 2.24) is 9.80 Å². The predicted molar refractivity (Wildman–Crippen MR) is 108 cm³/mol. The van der Waals surface area contributed by atoms with E-state index in [1.54, 1.807) is 24.3 Å². The summed E-state index contributed by atoms with van der Waals surface area (Å²) in [5.41, 5.74) is 8.68. The molecule has 0 spiro atoms. The highest BCUT2D eigenvalue weighted by molar-refractivity contribution is 5.94. The van der Waals surface area contributed by atoms with Gasteiger partial charge in [-0.15, -0.1) is 0 Å². The van der Waals surface area contributed by atoms with E-state index < -0.39 is 0 Å². The van der Waals surface area contributed by atoms with Gasteiger partial charge >= 0.3 is 0 Å². The number of rotatable bonds is 5.